The predicted molar refractivity (Wildman–Crippen MR) is 63.9 cm³/mol. The number of fused-ring (bicyclic) bond motifs is 1. The molecular formula is C10H11N7O. The van der Waals surface area contributed by atoms with Crippen LogP contribution >= 0.6 is 0 Å². The molecule has 92 valence electrons. The highest BCUT2D eigenvalue weighted by atomic mass is 16.5. The van der Waals surface area contributed by atoms with Gasteiger partial charge < -0.3 is 10.5 Å². The molecule has 3 N–H and O–H groups in total. The molecule has 0 saturated heterocycles. The lowest BCUT2D eigenvalue weighted by Gasteiger charge is -1.98. The maximum atomic E-state index is 5.84. The van der Waals surface area contributed by atoms with Gasteiger partial charge in [-0.25, -0.2) is 4.98 Å². The summed E-state index contributed by atoms with van der Waals surface area (Å²) < 4.78 is 6.69. The van der Waals surface area contributed by atoms with E-state index in [9.17, 15) is 0 Å². The number of aromatic nitrogens is 6. The van der Waals surface area contributed by atoms with E-state index in [1.54, 1.807) is 30.4 Å². The van der Waals surface area contributed by atoms with E-state index in [2.05, 4.69) is 25.3 Å². The van der Waals surface area contributed by atoms with Crippen molar-refractivity contribution in [3.05, 3.63) is 24.3 Å². The molecule has 0 aliphatic rings. The van der Waals surface area contributed by atoms with Gasteiger partial charge in [0.2, 0.25) is 0 Å². The van der Waals surface area contributed by atoms with Crippen molar-refractivity contribution in [2.24, 2.45) is 0 Å². The second-order valence-electron chi connectivity index (χ2n) is 3.69. The first kappa shape index (κ1) is 10.7. The molecule has 18 heavy (non-hydrogen) atoms. The first-order valence-electron chi connectivity index (χ1n) is 5.28. The lowest BCUT2D eigenvalue weighted by atomic mass is 10.3. The van der Waals surface area contributed by atoms with Crippen LogP contribution in [0.1, 0.15) is 5.69 Å². The summed E-state index contributed by atoms with van der Waals surface area (Å²) >= 11 is 0. The lowest BCUT2D eigenvalue weighted by Crippen LogP contribution is -2.02. The zero-order valence-electron chi connectivity index (χ0n) is 9.66. The average molecular weight is 245 g/mol. The number of ether oxygens (including phenoxy) is 1. The maximum absolute atomic E-state index is 5.84. The summed E-state index contributed by atoms with van der Waals surface area (Å²) in [5.41, 5.74) is 7.16. The molecule has 0 fully saturated rings. The quantitative estimate of drug-likeness (QED) is 0.685. The lowest BCUT2D eigenvalue weighted by molar-refractivity contribution is 0.182. The third-order valence-electron chi connectivity index (χ3n) is 2.53. The van der Waals surface area contributed by atoms with Crippen LogP contribution in [0.4, 0.5) is 5.82 Å². The van der Waals surface area contributed by atoms with Crippen LogP contribution in [0.2, 0.25) is 0 Å². The third-order valence-corrected chi connectivity index (χ3v) is 2.53. The van der Waals surface area contributed by atoms with Gasteiger partial charge in [-0.3, -0.25) is 10.1 Å². The molecule has 0 aliphatic heterocycles. The number of nitrogens with zero attached hydrogens (tertiary/aromatic N) is 5. The van der Waals surface area contributed by atoms with Gasteiger partial charge in [-0.05, 0) is 0 Å². The van der Waals surface area contributed by atoms with E-state index >= 15 is 0 Å². The summed E-state index contributed by atoms with van der Waals surface area (Å²) in [4.78, 5) is 8.19. The molecule has 0 saturated carbocycles. The van der Waals surface area contributed by atoms with Crippen LogP contribution in [0.3, 0.4) is 0 Å². The van der Waals surface area contributed by atoms with E-state index in [0.717, 1.165) is 5.39 Å². The zero-order chi connectivity index (χ0) is 12.5. The highest BCUT2D eigenvalue weighted by Gasteiger charge is 2.17. The van der Waals surface area contributed by atoms with Crippen molar-refractivity contribution >= 4 is 16.9 Å². The summed E-state index contributed by atoms with van der Waals surface area (Å²) in [5, 5.41) is 12.0. The first-order chi connectivity index (χ1) is 8.81. The van der Waals surface area contributed by atoms with E-state index in [0.29, 0.717) is 29.6 Å². The minimum absolute atomic E-state index is 0.355. The summed E-state index contributed by atoms with van der Waals surface area (Å²) in [6.07, 6.45) is 4.79. The molecule has 0 aromatic carbocycles. The number of hydrogen-bond acceptors (Lipinski definition) is 6. The molecule has 3 heterocycles. The Balaban J connectivity index is 2.24. The number of nitrogens with one attached hydrogen (secondary N) is 1. The van der Waals surface area contributed by atoms with Crippen LogP contribution in [0.5, 0.6) is 0 Å². The van der Waals surface area contributed by atoms with E-state index < -0.39 is 0 Å². The molecule has 8 nitrogen and oxygen atoms in total. The number of methoxy groups -OCH3 is 1. The van der Waals surface area contributed by atoms with E-state index in [-0.39, 0.29) is 0 Å². The molecule has 0 radical (unpaired) electrons. The highest BCUT2D eigenvalue weighted by Crippen LogP contribution is 2.24. The van der Waals surface area contributed by atoms with Crippen molar-refractivity contribution in [2.75, 3.05) is 12.8 Å². The monoisotopic (exact) mass is 245 g/mol. The number of aromatic amines is 1. The molecular weight excluding hydrogens is 234 g/mol. The van der Waals surface area contributed by atoms with Crippen LogP contribution in [-0.2, 0) is 11.3 Å². The van der Waals surface area contributed by atoms with Crippen molar-refractivity contribution in [3.63, 3.8) is 0 Å². The van der Waals surface area contributed by atoms with Crippen molar-refractivity contribution in [2.45, 2.75) is 6.61 Å². The smallest absolute Gasteiger partial charge is 0.188 e. The molecule has 0 aliphatic carbocycles. The van der Waals surface area contributed by atoms with Crippen LogP contribution in [0, 0.1) is 0 Å². The Labute approximate surface area is 102 Å². The van der Waals surface area contributed by atoms with Gasteiger partial charge in [-0.15, -0.1) is 0 Å². The molecule has 8 heteroatoms. The van der Waals surface area contributed by atoms with Gasteiger partial charge >= 0.3 is 0 Å². The summed E-state index contributed by atoms with van der Waals surface area (Å²) in [5.74, 6) is 1.04. The Bertz CT molecular complexity index is 672. The van der Waals surface area contributed by atoms with Crippen molar-refractivity contribution in [3.8, 4) is 5.82 Å². The highest BCUT2D eigenvalue weighted by molar-refractivity contribution is 5.89. The van der Waals surface area contributed by atoms with E-state index in [4.69, 9.17) is 10.5 Å². The Morgan fingerprint density at radius 2 is 2.33 bits per heavy atom. The standard InChI is InChI=1S/C10H11N7O/c1-18-5-6-8-9(11)14-15-10(8)17(16-6)7-4-12-2-3-13-7/h2-4H,5H2,1H3,(H3,11,14,15). The Hall–Kier alpha value is -2.48. The summed E-state index contributed by atoms with van der Waals surface area (Å²) in [7, 11) is 1.60. The topological polar surface area (TPSA) is 108 Å². The molecule has 3 aromatic rings. The molecule has 0 unspecified atom stereocenters. The van der Waals surface area contributed by atoms with Crippen LogP contribution < -0.4 is 5.73 Å². The third kappa shape index (κ3) is 1.51. The van der Waals surface area contributed by atoms with Gasteiger partial charge in [-0.2, -0.15) is 14.9 Å². The maximum Gasteiger partial charge on any atom is 0.188 e. The van der Waals surface area contributed by atoms with Crippen molar-refractivity contribution < 1.29 is 4.74 Å². The number of nitrogens with two attached hydrogens (primary N) is 1. The predicted octanol–water partition coefficient (Wildman–Crippen LogP) is 0.267. The van der Waals surface area contributed by atoms with Crippen LogP contribution in [-0.4, -0.2) is 37.1 Å². The van der Waals surface area contributed by atoms with Gasteiger partial charge in [0.05, 0.1) is 18.2 Å². The van der Waals surface area contributed by atoms with Gasteiger partial charge in [0.25, 0.3) is 0 Å². The number of rotatable bonds is 3. The molecule has 3 rings (SSSR count). The number of H-pyrrole nitrogens is 1. The second kappa shape index (κ2) is 4.08. The SMILES string of the molecule is COCc1nn(-c2cnccn2)c2n[nH]c(N)c12. The van der Waals surface area contributed by atoms with Gasteiger partial charge in [0.1, 0.15) is 11.5 Å². The van der Waals surface area contributed by atoms with Crippen LogP contribution in [0.25, 0.3) is 16.9 Å². The van der Waals surface area contributed by atoms with Crippen molar-refractivity contribution in [1.29, 1.82) is 0 Å². The van der Waals surface area contributed by atoms with Crippen LogP contribution in [0.15, 0.2) is 18.6 Å². The Morgan fingerprint density at radius 1 is 1.44 bits per heavy atom. The largest absolute Gasteiger partial charge is 0.383 e. The fraction of sp³-hybridized carbons (Fsp3) is 0.200. The van der Waals surface area contributed by atoms with Crippen molar-refractivity contribution in [1.82, 2.24) is 29.9 Å². The minimum atomic E-state index is 0.355. The molecule has 0 spiro atoms. The number of hydrogen-bond donors (Lipinski definition) is 2. The Kier molecular flexibility index (Phi) is 2.41. The Morgan fingerprint density at radius 3 is 3.06 bits per heavy atom. The van der Waals surface area contributed by atoms with Gasteiger partial charge in [0.15, 0.2) is 11.5 Å². The number of nitrogen functional groups attached to an aromatic ring is 1. The van der Waals surface area contributed by atoms with Gasteiger partial charge in [-0.1, -0.05) is 0 Å². The molecule has 0 atom stereocenters. The zero-order valence-corrected chi connectivity index (χ0v) is 9.66. The normalized spacial score (nSPS) is 11.2. The number of anilines is 1. The van der Waals surface area contributed by atoms with Gasteiger partial charge in [0, 0.05) is 19.5 Å². The van der Waals surface area contributed by atoms with E-state index in [1.165, 1.54) is 0 Å². The summed E-state index contributed by atoms with van der Waals surface area (Å²) in [6, 6.07) is 0. The van der Waals surface area contributed by atoms with E-state index in [1.807, 2.05) is 0 Å². The first-order valence-corrected chi connectivity index (χ1v) is 5.28. The second-order valence-corrected chi connectivity index (χ2v) is 3.69. The average Bonchev–Trinajstić information content (AvgIpc) is 2.94. The molecule has 3 aromatic heterocycles. The molecule has 0 amide bonds. The fourth-order valence-electron chi connectivity index (χ4n) is 1.80. The fourth-order valence-corrected chi connectivity index (χ4v) is 1.80. The minimum Gasteiger partial charge on any atom is -0.383 e. The summed E-state index contributed by atoms with van der Waals surface area (Å²) in [6.45, 7) is 0.355. The molecule has 0 bridgehead atoms.